The molecule has 1 fully saturated rings. The molecule has 0 aliphatic heterocycles. The van der Waals surface area contributed by atoms with Gasteiger partial charge in [0.25, 0.3) is 5.56 Å². The minimum absolute atomic E-state index is 0.0824. The second kappa shape index (κ2) is 3.68. The fraction of sp³-hybridized carbons (Fsp3) is 0.364. The highest BCUT2D eigenvalue weighted by Crippen LogP contribution is 2.53. The van der Waals surface area contributed by atoms with Gasteiger partial charge in [0, 0.05) is 5.92 Å². The van der Waals surface area contributed by atoms with Gasteiger partial charge in [0.1, 0.15) is 9.85 Å². The number of nitrogens with zero attached hydrogens (tertiary/aromatic N) is 3. The van der Waals surface area contributed by atoms with E-state index >= 15 is 0 Å². The highest BCUT2D eigenvalue weighted by Gasteiger charge is 2.51. The van der Waals surface area contributed by atoms with Crippen molar-refractivity contribution in [2.45, 2.75) is 17.3 Å². The minimum atomic E-state index is -0.702. The van der Waals surface area contributed by atoms with Crippen molar-refractivity contribution in [2.24, 2.45) is 5.92 Å². The van der Waals surface area contributed by atoms with Crippen LogP contribution in [0.3, 0.4) is 0 Å². The number of benzene rings is 1. The van der Waals surface area contributed by atoms with Gasteiger partial charge in [0.05, 0.1) is 11.9 Å². The summed E-state index contributed by atoms with van der Waals surface area (Å²) in [5.41, 5.74) is 0.458. The van der Waals surface area contributed by atoms with E-state index in [4.69, 9.17) is 23.2 Å². The normalized spacial score (nSPS) is 21.6. The van der Waals surface area contributed by atoms with E-state index in [1.807, 2.05) is 6.07 Å². The van der Waals surface area contributed by atoms with Crippen molar-refractivity contribution in [3.05, 3.63) is 34.6 Å². The van der Waals surface area contributed by atoms with Gasteiger partial charge in [-0.3, -0.25) is 4.79 Å². The van der Waals surface area contributed by atoms with Crippen molar-refractivity contribution in [2.75, 3.05) is 0 Å². The molecule has 0 N–H and O–H groups in total. The molecule has 2 aromatic rings. The third-order valence-electron chi connectivity index (χ3n) is 2.98. The first-order valence-electron chi connectivity index (χ1n) is 5.28. The molecule has 88 valence electrons. The summed E-state index contributed by atoms with van der Waals surface area (Å²) in [6, 6.07) is 7.13. The first kappa shape index (κ1) is 11.0. The maximum Gasteiger partial charge on any atom is 0.277 e. The molecule has 3 rings (SSSR count). The van der Waals surface area contributed by atoms with Gasteiger partial charge in [0.2, 0.25) is 0 Å². The molecule has 1 heterocycles. The van der Waals surface area contributed by atoms with Crippen molar-refractivity contribution in [3.8, 4) is 0 Å². The molecule has 1 unspecified atom stereocenters. The number of hydrogen-bond acceptors (Lipinski definition) is 3. The van der Waals surface area contributed by atoms with Gasteiger partial charge in [-0.05, 0) is 18.6 Å². The molecule has 0 radical (unpaired) electrons. The zero-order valence-electron chi connectivity index (χ0n) is 8.81. The maximum absolute atomic E-state index is 12.1. The third-order valence-corrected chi connectivity index (χ3v) is 3.90. The van der Waals surface area contributed by atoms with Gasteiger partial charge >= 0.3 is 0 Å². The van der Waals surface area contributed by atoms with E-state index in [9.17, 15) is 4.79 Å². The lowest BCUT2D eigenvalue weighted by atomic mass is 10.2. The fourth-order valence-corrected chi connectivity index (χ4v) is 2.33. The summed E-state index contributed by atoms with van der Waals surface area (Å²) >= 11 is 11.9. The molecule has 0 amide bonds. The lowest BCUT2D eigenvalue weighted by Crippen LogP contribution is -2.25. The summed E-state index contributed by atoms with van der Waals surface area (Å²) in [5, 5.41) is 8.45. The Morgan fingerprint density at radius 2 is 2.12 bits per heavy atom. The number of halogens is 2. The third kappa shape index (κ3) is 1.91. The first-order valence-corrected chi connectivity index (χ1v) is 6.04. The average Bonchev–Trinajstić information content (AvgIpc) is 2.91. The second-order valence-electron chi connectivity index (χ2n) is 4.26. The van der Waals surface area contributed by atoms with Crippen LogP contribution < -0.4 is 5.56 Å². The molecule has 1 aromatic heterocycles. The van der Waals surface area contributed by atoms with Crippen molar-refractivity contribution < 1.29 is 0 Å². The highest BCUT2D eigenvalue weighted by molar-refractivity contribution is 6.50. The van der Waals surface area contributed by atoms with Crippen LogP contribution in [-0.2, 0) is 6.54 Å². The molecule has 0 saturated heterocycles. The predicted octanol–water partition coefficient (Wildman–Crippen LogP) is 1.99. The monoisotopic (exact) mass is 269 g/mol. The van der Waals surface area contributed by atoms with Crippen LogP contribution in [0.2, 0.25) is 0 Å². The quantitative estimate of drug-likeness (QED) is 0.784. The Hall–Kier alpha value is -1.13. The predicted molar refractivity (Wildman–Crippen MR) is 66.3 cm³/mol. The molecule has 4 nitrogen and oxygen atoms in total. The topological polar surface area (TPSA) is 47.8 Å². The number of hydrogen-bond donors (Lipinski definition) is 0. The first-order chi connectivity index (χ1) is 8.08. The van der Waals surface area contributed by atoms with E-state index in [-0.39, 0.29) is 11.5 Å². The van der Waals surface area contributed by atoms with Crippen molar-refractivity contribution in [3.63, 3.8) is 0 Å². The summed E-state index contributed by atoms with van der Waals surface area (Å²) in [5.74, 6) is 0.0824. The average molecular weight is 270 g/mol. The Kier molecular flexibility index (Phi) is 2.38. The van der Waals surface area contributed by atoms with E-state index < -0.39 is 4.33 Å². The number of aromatic nitrogens is 3. The number of fused-ring (bicyclic) bond motifs is 1. The largest absolute Gasteiger partial charge is 0.277 e. The fourth-order valence-electron chi connectivity index (χ4n) is 1.82. The molecule has 1 atom stereocenters. The van der Waals surface area contributed by atoms with E-state index in [2.05, 4.69) is 10.3 Å². The van der Waals surface area contributed by atoms with Crippen molar-refractivity contribution >= 4 is 34.1 Å². The lowest BCUT2D eigenvalue weighted by molar-refractivity contribution is 0.508. The van der Waals surface area contributed by atoms with E-state index in [1.54, 1.807) is 18.2 Å². The van der Waals surface area contributed by atoms with Crippen LogP contribution in [0.15, 0.2) is 29.1 Å². The second-order valence-corrected chi connectivity index (χ2v) is 5.80. The van der Waals surface area contributed by atoms with Crippen LogP contribution in [0.5, 0.6) is 0 Å². The Labute approximate surface area is 107 Å². The highest BCUT2D eigenvalue weighted by atomic mass is 35.5. The molecule has 0 spiro atoms. The SMILES string of the molecule is O=c1c2ccccc2nnn1CC1CC1(Cl)Cl. The van der Waals surface area contributed by atoms with Crippen molar-refractivity contribution in [1.29, 1.82) is 0 Å². The van der Waals surface area contributed by atoms with Gasteiger partial charge in [0.15, 0.2) is 0 Å². The Morgan fingerprint density at radius 1 is 1.41 bits per heavy atom. The van der Waals surface area contributed by atoms with Gasteiger partial charge in [-0.2, -0.15) is 0 Å². The molecular formula is C11H9Cl2N3O. The summed E-state index contributed by atoms with van der Waals surface area (Å²) in [4.78, 5) is 12.1. The summed E-state index contributed by atoms with van der Waals surface area (Å²) in [7, 11) is 0. The standard InChI is InChI=1S/C11H9Cl2N3O/c12-11(13)5-7(11)6-16-10(17)8-3-1-2-4-9(8)14-15-16/h1-4,7H,5-6H2. The number of alkyl halides is 2. The summed E-state index contributed by atoms with van der Waals surface area (Å²) in [6.45, 7) is 0.420. The zero-order valence-corrected chi connectivity index (χ0v) is 10.3. The van der Waals surface area contributed by atoms with Crippen molar-refractivity contribution in [1.82, 2.24) is 15.0 Å². The molecular weight excluding hydrogens is 261 g/mol. The Balaban J connectivity index is 2.01. The van der Waals surface area contributed by atoms with Gasteiger partial charge < -0.3 is 0 Å². The lowest BCUT2D eigenvalue weighted by Gasteiger charge is -2.04. The zero-order chi connectivity index (χ0) is 12.0. The Morgan fingerprint density at radius 3 is 2.82 bits per heavy atom. The minimum Gasteiger partial charge on any atom is -0.267 e. The molecule has 1 aliphatic rings. The van der Waals surface area contributed by atoms with Gasteiger partial charge in [-0.15, -0.1) is 28.3 Å². The van der Waals surface area contributed by atoms with E-state index in [0.29, 0.717) is 23.9 Å². The summed E-state index contributed by atoms with van der Waals surface area (Å²) in [6.07, 6.45) is 0.692. The van der Waals surface area contributed by atoms with Crippen LogP contribution in [0, 0.1) is 5.92 Å². The molecule has 1 aromatic carbocycles. The summed E-state index contributed by atoms with van der Waals surface area (Å²) < 4.78 is 0.631. The Bertz CT molecular complexity index is 638. The molecule has 0 bridgehead atoms. The molecule has 17 heavy (non-hydrogen) atoms. The van der Waals surface area contributed by atoms with Gasteiger partial charge in [-0.1, -0.05) is 17.3 Å². The molecule has 1 aliphatic carbocycles. The number of rotatable bonds is 2. The molecule has 6 heteroatoms. The maximum atomic E-state index is 12.1. The smallest absolute Gasteiger partial charge is 0.267 e. The molecule has 1 saturated carbocycles. The van der Waals surface area contributed by atoms with Crippen LogP contribution in [-0.4, -0.2) is 19.3 Å². The van der Waals surface area contributed by atoms with Crippen LogP contribution in [0.4, 0.5) is 0 Å². The van der Waals surface area contributed by atoms with E-state index in [1.165, 1.54) is 4.68 Å². The van der Waals surface area contributed by atoms with E-state index in [0.717, 1.165) is 0 Å². The van der Waals surface area contributed by atoms with Crippen LogP contribution in [0.1, 0.15) is 6.42 Å². The van der Waals surface area contributed by atoms with Crippen LogP contribution >= 0.6 is 23.2 Å². The van der Waals surface area contributed by atoms with Crippen LogP contribution in [0.25, 0.3) is 10.9 Å². The van der Waals surface area contributed by atoms with Gasteiger partial charge in [-0.25, -0.2) is 4.68 Å².